The standard InChI is InChI=1S/C16H23N5O2/c1-9-8-23-10(2)7-21(9)16(22)14-6-13(17-18-14)15-11(3)19-20(5)12(15)4/h6,9-10H,7-8H2,1-5H3,(H,17,18). The van der Waals surface area contributed by atoms with Gasteiger partial charge in [-0.25, -0.2) is 0 Å². The van der Waals surface area contributed by atoms with Gasteiger partial charge in [0, 0.05) is 24.8 Å². The first-order chi connectivity index (χ1) is 10.9. The Kier molecular flexibility index (Phi) is 3.97. The zero-order valence-electron chi connectivity index (χ0n) is 14.3. The van der Waals surface area contributed by atoms with Crippen LogP contribution in [-0.2, 0) is 11.8 Å². The fourth-order valence-electron chi connectivity index (χ4n) is 3.04. The summed E-state index contributed by atoms with van der Waals surface area (Å²) < 4.78 is 7.41. The van der Waals surface area contributed by atoms with Gasteiger partial charge in [0.05, 0.1) is 30.1 Å². The molecular weight excluding hydrogens is 294 g/mol. The molecule has 124 valence electrons. The van der Waals surface area contributed by atoms with Crippen LogP contribution in [0.1, 0.15) is 35.7 Å². The zero-order chi connectivity index (χ0) is 16.7. The first-order valence-corrected chi connectivity index (χ1v) is 7.87. The average molecular weight is 317 g/mol. The van der Waals surface area contributed by atoms with Gasteiger partial charge in [-0.15, -0.1) is 0 Å². The van der Waals surface area contributed by atoms with Crippen molar-refractivity contribution in [3.05, 3.63) is 23.1 Å². The van der Waals surface area contributed by atoms with Crippen molar-refractivity contribution in [2.75, 3.05) is 13.2 Å². The van der Waals surface area contributed by atoms with Crippen LogP contribution in [0, 0.1) is 13.8 Å². The van der Waals surface area contributed by atoms with E-state index in [4.69, 9.17) is 4.74 Å². The number of nitrogens with one attached hydrogen (secondary N) is 1. The summed E-state index contributed by atoms with van der Waals surface area (Å²) in [5, 5.41) is 11.6. The van der Waals surface area contributed by atoms with Crippen LogP contribution in [0.2, 0.25) is 0 Å². The molecule has 2 aromatic rings. The van der Waals surface area contributed by atoms with Crippen molar-refractivity contribution < 1.29 is 9.53 Å². The molecule has 0 radical (unpaired) electrons. The van der Waals surface area contributed by atoms with Gasteiger partial charge in [0.1, 0.15) is 5.69 Å². The molecule has 1 aliphatic heterocycles. The van der Waals surface area contributed by atoms with Gasteiger partial charge in [-0.2, -0.15) is 10.2 Å². The lowest BCUT2D eigenvalue weighted by atomic mass is 10.1. The van der Waals surface area contributed by atoms with Gasteiger partial charge in [-0.3, -0.25) is 14.6 Å². The number of nitrogens with zero attached hydrogens (tertiary/aromatic N) is 4. The van der Waals surface area contributed by atoms with Crippen LogP contribution >= 0.6 is 0 Å². The number of H-pyrrole nitrogens is 1. The molecule has 1 fully saturated rings. The average Bonchev–Trinajstić information content (AvgIpc) is 3.07. The Hall–Kier alpha value is -2.15. The highest BCUT2D eigenvalue weighted by atomic mass is 16.5. The van der Waals surface area contributed by atoms with Gasteiger partial charge in [0.25, 0.3) is 5.91 Å². The Morgan fingerprint density at radius 1 is 1.39 bits per heavy atom. The molecule has 1 saturated heterocycles. The van der Waals surface area contributed by atoms with Crippen molar-refractivity contribution in [2.24, 2.45) is 7.05 Å². The highest BCUT2D eigenvalue weighted by molar-refractivity contribution is 5.93. The Morgan fingerprint density at radius 2 is 2.13 bits per heavy atom. The minimum Gasteiger partial charge on any atom is -0.375 e. The van der Waals surface area contributed by atoms with Gasteiger partial charge in [0.2, 0.25) is 0 Å². The number of ether oxygens (including phenoxy) is 1. The highest BCUT2D eigenvalue weighted by Crippen LogP contribution is 2.26. The summed E-state index contributed by atoms with van der Waals surface area (Å²) in [6.45, 7) is 9.08. The van der Waals surface area contributed by atoms with Gasteiger partial charge < -0.3 is 9.64 Å². The molecule has 2 unspecified atom stereocenters. The van der Waals surface area contributed by atoms with Gasteiger partial charge >= 0.3 is 0 Å². The normalized spacial score (nSPS) is 21.7. The van der Waals surface area contributed by atoms with Crippen LogP contribution in [-0.4, -0.2) is 56.1 Å². The van der Waals surface area contributed by atoms with E-state index in [9.17, 15) is 4.79 Å². The maximum absolute atomic E-state index is 12.8. The third-order valence-corrected chi connectivity index (χ3v) is 4.44. The van der Waals surface area contributed by atoms with Crippen molar-refractivity contribution in [3.8, 4) is 11.3 Å². The molecule has 3 heterocycles. The van der Waals surface area contributed by atoms with Crippen molar-refractivity contribution in [3.63, 3.8) is 0 Å². The fourth-order valence-corrected chi connectivity index (χ4v) is 3.04. The third kappa shape index (κ3) is 2.76. The maximum atomic E-state index is 12.8. The molecule has 7 nitrogen and oxygen atoms in total. The van der Waals surface area contributed by atoms with Crippen LogP contribution in [0.15, 0.2) is 6.07 Å². The largest absolute Gasteiger partial charge is 0.375 e. The van der Waals surface area contributed by atoms with E-state index in [0.717, 1.165) is 22.6 Å². The summed E-state index contributed by atoms with van der Waals surface area (Å²) >= 11 is 0. The molecule has 1 N–H and O–H groups in total. The van der Waals surface area contributed by atoms with E-state index in [0.29, 0.717) is 18.8 Å². The van der Waals surface area contributed by atoms with Crippen LogP contribution < -0.4 is 0 Å². The summed E-state index contributed by atoms with van der Waals surface area (Å²) in [7, 11) is 1.90. The summed E-state index contributed by atoms with van der Waals surface area (Å²) in [6, 6.07) is 1.87. The molecular formula is C16H23N5O2. The van der Waals surface area contributed by atoms with Gasteiger partial charge in [-0.1, -0.05) is 0 Å². The number of hydrogen-bond acceptors (Lipinski definition) is 4. The molecule has 0 bridgehead atoms. The molecule has 7 heteroatoms. The summed E-state index contributed by atoms with van der Waals surface area (Å²) in [4.78, 5) is 14.6. The van der Waals surface area contributed by atoms with Crippen molar-refractivity contribution in [2.45, 2.75) is 39.8 Å². The molecule has 2 aromatic heterocycles. The molecule has 23 heavy (non-hydrogen) atoms. The molecule has 0 spiro atoms. The predicted molar refractivity (Wildman–Crippen MR) is 86.2 cm³/mol. The molecule has 1 aliphatic rings. The van der Waals surface area contributed by atoms with E-state index in [1.165, 1.54) is 0 Å². The number of aromatic amines is 1. The van der Waals surface area contributed by atoms with E-state index in [1.54, 1.807) is 0 Å². The number of carbonyl (C=O) groups excluding carboxylic acids is 1. The van der Waals surface area contributed by atoms with Crippen LogP contribution in [0.25, 0.3) is 11.3 Å². The SMILES string of the molecule is Cc1nn(C)c(C)c1-c1cc(C(=O)N2CC(C)OCC2C)[nH]n1. The van der Waals surface area contributed by atoms with Crippen LogP contribution in [0.5, 0.6) is 0 Å². The molecule has 1 amide bonds. The molecule has 3 rings (SSSR count). The Balaban J connectivity index is 1.88. The van der Waals surface area contributed by atoms with Gasteiger partial charge in [-0.05, 0) is 33.8 Å². The second-order valence-corrected chi connectivity index (χ2v) is 6.29. The van der Waals surface area contributed by atoms with Crippen molar-refractivity contribution >= 4 is 5.91 Å². The molecule has 0 aromatic carbocycles. The molecule has 2 atom stereocenters. The Bertz CT molecular complexity index is 733. The number of carbonyl (C=O) groups is 1. The molecule has 0 aliphatic carbocycles. The second-order valence-electron chi connectivity index (χ2n) is 6.29. The van der Waals surface area contributed by atoms with Crippen LogP contribution in [0.3, 0.4) is 0 Å². The zero-order valence-corrected chi connectivity index (χ0v) is 14.3. The number of morpholine rings is 1. The minimum atomic E-state index is -0.0365. The second kappa shape index (κ2) is 5.81. The smallest absolute Gasteiger partial charge is 0.272 e. The monoisotopic (exact) mass is 317 g/mol. The number of amides is 1. The fraction of sp³-hybridized carbons (Fsp3) is 0.562. The van der Waals surface area contributed by atoms with Crippen molar-refractivity contribution in [1.29, 1.82) is 0 Å². The van der Waals surface area contributed by atoms with E-state index in [1.807, 2.05) is 50.4 Å². The molecule has 0 saturated carbocycles. The number of aryl methyl sites for hydroxylation is 2. The van der Waals surface area contributed by atoms with E-state index >= 15 is 0 Å². The topological polar surface area (TPSA) is 76.0 Å². The number of aromatic nitrogens is 4. The van der Waals surface area contributed by atoms with Gasteiger partial charge in [0.15, 0.2) is 0 Å². The van der Waals surface area contributed by atoms with Crippen molar-refractivity contribution in [1.82, 2.24) is 24.9 Å². The predicted octanol–water partition coefficient (Wildman–Crippen LogP) is 1.68. The first kappa shape index (κ1) is 15.7. The highest BCUT2D eigenvalue weighted by Gasteiger charge is 2.29. The quantitative estimate of drug-likeness (QED) is 0.914. The summed E-state index contributed by atoms with van der Waals surface area (Å²) in [6.07, 6.45) is 0.0559. The number of rotatable bonds is 2. The maximum Gasteiger partial charge on any atom is 0.272 e. The van der Waals surface area contributed by atoms with E-state index in [-0.39, 0.29) is 18.1 Å². The summed E-state index contributed by atoms with van der Waals surface area (Å²) in [5.41, 5.74) is 4.17. The summed E-state index contributed by atoms with van der Waals surface area (Å²) in [5.74, 6) is -0.0365. The minimum absolute atomic E-state index is 0.0365. The third-order valence-electron chi connectivity index (χ3n) is 4.44. The number of hydrogen-bond donors (Lipinski definition) is 1. The Labute approximate surface area is 135 Å². The Morgan fingerprint density at radius 3 is 2.78 bits per heavy atom. The van der Waals surface area contributed by atoms with E-state index in [2.05, 4.69) is 15.3 Å². The lowest BCUT2D eigenvalue weighted by Crippen LogP contribution is -2.50. The first-order valence-electron chi connectivity index (χ1n) is 7.87. The van der Waals surface area contributed by atoms with E-state index < -0.39 is 0 Å². The van der Waals surface area contributed by atoms with Crippen LogP contribution in [0.4, 0.5) is 0 Å². The lowest BCUT2D eigenvalue weighted by molar-refractivity contribution is -0.0389. The lowest BCUT2D eigenvalue weighted by Gasteiger charge is -2.36.